The number of hydrogen-bond donors (Lipinski definition) is 1. The van der Waals surface area contributed by atoms with Crippen LogP contribution in [0.2, 0.25) is 0 Å². The Kier molecular flexibility index (Phi) is 4.46. The van der Waals surface area contributed by atoms with Crippen LogP contribution in [0.3, 0.4) is 0 Å². The molecule has 0 aromatic heterocycles. The molecule has 2 aliphatic carbocycles. The molecule has 2 rings (SSSR count). The molecule has 2 N–H and O–H groups in total. The van der Waals surface area contributed by atoms with Gasteiger partial charge < -0.3 is 15.4 Å². The summed E-state index contributed by atoms with van der Waals surface area (Å²) in [6.07, 6.45) is 5.10. The second kappa shape index (κ2) is 5.75. The summed E-state index contributed by atoms with van der Waals surface area (Å²) in [5.74, 6) is 0.770. The average Bonchev–Trinajstić information content (AvgIpc) is 3.10. The Morgan fingerprint density at radius 1 is 1.53 bits per heavy atom. The molecule has 0 aromatic carbocycles. The predicted molar refractivity (Wildman–Crippen MR) is 78.8 cm³/mol. The van der Waals surface area contributed by atoms with Gasteiger partial charge in [0.2, 0.25) is 5.91 Å². The van der Waals surface area contributed by atoms with Crippen molar-refractivity contribution in [2.75, 3.05) is 20.3 Å². The normalized spacial score (nSPS) is 22.4. The predicted octanol–water partition coefficient (Wildman–Crippen LogP) is 1.72. The van der Waals surface area contributed by atoms with Crippen LogP contribution in [0.5, 0.6) is 0 Å². The lowest BCUT2D eigenvalue weighted by Gasteiger charge is -2.44. The van der Waals surface area contributed by atoms with Gasteiger partial charge in [-0.15, -0.1) is 0 Å². The summed E-state index contributed by atoms with van der Waals surface area (Å²) in [7, 11) is 1.66. The van der Waals surface area contributed by atoms with Crippen molar-refractivity contribution in [3.63, 3.8) is 0 Å². The lowest BCUT2D eigenvalue weighted by Crippen LogP contribution is -2.57. The fraction of sp³-hybridized carbons (Fsp3) is 0.857. The van der Waals surface area contributed by atoms with E-state index in [0.29, 0.717) is 24.1 Å². The Balaban J connectivity index is 2.11. The third-order valence-electron chi connectivity index (χ3n) is 4.68. The monoisotopic (exact) mass is 284 g/mol. The topological polar surface area (TPSA) is 55.6 Å². The van der Waals surface area contributed by atoms with E-state index in [1.807, 2.05) is 4.90 Å². The lowest BCUT2D eigenvalue weighted by molar-refractivity contribution is -0.145. The molecule has 19 heavy (non-hydrogen) atoms. The number of thiocarbonyl (C=S) groups is 1. The number of nitrogens with two attached hydrogens (primary N) is 1. The van der Waals surface area contributed by atoms with E-state index >= 15 is 0 Å². The molecule has 0 aliphatic heterocycles. The first-order valence-corrected chi connectivity index (χ1v) is 7.53. The number of rotatable bonds is 7. The third-order valence-corrected chi connectivity index (χ3v) is 5.07. The van der Waals surface area contributed by atoms with Crippen LogP contribution in [-0.4, -0.2) is 42.1 Å². The third kappa shape index (κ3) is 2.77. The molecule has 0 radical (unpaired) electrons. The van der Waals surface area contributed by atoms with Gasteiger partial charge in [-0.2, -0.15) is 0 Å². The van der Waals surface area contributed by atoms with Crippen LogP contribution in [0.1, 0.15) is 39.0 Å². The molecule has 0 aromatic rings. The first kappa shape index (κ1) is 14.7. The number of nitrogens with zero attached hydrogens (tertiary/aromatic N) is 1. The summed E-state index contributed by atoms with van der Waals surface area (Å²) in [5, 5.41) is 0. The van der Waals surface area contributed by atoms with Crippen LogP contribution >= 0.6 is 12.2 Å². The summed E-state index contributed by atoms with van der Waals surface area (Å²) in [6, 6.07) is 0.273. The Bertz CT molecular complexity index is 364. The van der Waals surface area contributed by atoms with Crippen LogP contribution < -0.4 is 5.73 Å². The largest absolute Gasteiger partial charge is 0.392 e. The van der Waals surface area contributed by atoms with Crippen molar-refractivity contribution >= 4 is 23.1 Å². The lowest BCUT2D eigenvalue weighted by atomic mass is 9.67. The smallest absolute Gasteiger partial charge is 0.235 e. The van der Waals surface area contributed by atoms with E-state index in [1.54, 1.807) is 7.11 Å². The van der Waals surface area contributed by atoms with Gasteiger partial charge in [0.1, 0.15) is 0 Å². The fourth-order valence-electron chi connectivity index (χ4n) is 2.88. The van der Waals surface area contributed by atoms with E-state index in [4.69, 9.17) is 22.7 Å². The van der Waals surface area contributed by atoms with Crippen LogP contribution in [0, 0.1) is 11.3 Å². The van der Waals surface area contributed by atoms with Gasteiger partial charge in [0, 0.05) is 19.7 Å². The zero-order chi connectivity index (χ0) is 14.0. The van der Waals surface area contributed by atoms with Gasteiger partial charge in [-0.3, -0.25) is 4.79 Å². The van der Waals surface area contributed by atoms with Gasteiger partial charge in [0.25, 0.3) is 0 Å². The highest BCUT2D eigenvalue weighted by Crippen LogP contribution is 2.44. The quantitative estimate of drug-likeness (QED) is 0.723. The Morgan fingerprint density at radius 3 is 2.53 bits per heavy atom. The van der Waals surface area contributed by atoms with Crippen molar-refractivity contribution < 1.29 is 9.53 Å². The van der Waals surface area contributed by atoms with E-state index in [-0.39, 0.29) is 11.9 Å². The number of carbonyl (C=O) groups is 1. The van der Waals surface area contributed by atoms with E-state index in [9.17, 15) is 4.79 Å². The molecular formula is C14H24N2O2S. The number of amides is 1. The summed E-state index contributed by atoms with van der Waals surface area (Å²) < 4.78 is 5.14. The summed E-state index contributed by atoms with van der Waals surface area (Å²) >= 11 is 5.16. The maximum absolute atomic E-state index is 12.9. The van der Waals surface area contributed by atoms with Crippen molar-refractivity contribution in [2.45, 2.75) is 45.1 Å². The second-order valence-corrected chi connectivity index (χ2v) is 6.31. The molecule has 2 aliphatic rings. The molecule has 1 atom stereocenters. The molecule has 0 saturated heterocycles. The minimum absolute atomic E-state index is 0.128. The summed E-state index contributed by atoms with van der Waals surface area (Å²) in [4.78, 5) is 15.2. The van der Waals surface area contributed by atoms with Crippen LogP contribution in [0.4, 0.5) is 0 Å². The molecule has 4 nitrogen and oxygen atoms in total. The highest BCUT2D eigenvalue weighted by Gasteiger charge is 2.50. The summed E-state index contributed by atoms with van der Waals surface area (Å²) in [5.41, 5.74) is 5.28. The highest BCUT2D eigenvalue weighted by atomic mass is 32.1. The molecule has 0 heterocycles. The van der Waals surface area contributed by atoms with Crippen LogP contribution in [0.25, 0.3) is 0 Å². The first-order chi connectivity index (χ1) is 9.03. The van der Waals surface area contributed by atoms with Crippen molar-refractivity contribution in [1.29, 1.82) is 0 Å². The van der Waals surface area contributed by atoms with Gasteiger partial charge in [-0.25, -0.2) is 0 Å². The van der Waals surface area contributed by atoms with E-state index in [0.717, 1.165) is 19.3 Å². The molecule has 0 bridgehead atoms. The maximum atomic E-state index is 12.9. The Labute approximate surface area is 120 Å². The van der Waals surface area contributed by atoms with Gasteiger partial charge in [-0.1, -0.05) is 18.6 Å². The molecule has 0 spiro atoms. The molecule has 2 fully saturated rings. The van der Waals surface area contributed by atoms with Gasteiger partial charge >= 0.3 is 0 Å². The highest BCUT2D eigenvalue weighted by molar-refractivity contribution is 7.80. The van der Waals surface area contributed by atoms with Crippen LogP contribution in [0.15, 0.2) is 0 Å². The SMILES string of the molecule is COCCN(C(=O)C1(C(N)=S)CCC1)C(C)C1CC1. The number of methoxy groups -OCH3 is 1. The minimum Gasteiger partial charge on any atom is -0.392 e. The van der Waals surface area contributed by atoms with Gasteiger partial charge in [0.05, 0.1) is 17.0 Å². The zero-order valence-corrected chi connectivity index (χ0v) is 12.7. The summed E-state index contributed by atoms with van der Waals surface area (Å²) in [6.45, 7) is 3.34. The van der Waals surface area contributed by atoms with Crippen molar-refractivity contribution in [2.24, 2.45) is 17.1 Å². The molecule has 1 unspecified atom stereocenters. The Morgan fingerprint density at radius 2 is 2.16 bits per heavy atom. The standard InChI is InChI=1S/C14H24N2O2S/c1-10(11-4-5-11)16(8-9-18-2)13(17)14(12(15)19)6-3-7-14/h10-11H,3-9H2,1-2H3,(H2,15,19). The van der Waals surface area contributed by atoms with Crippen molar-refractivity contribution in [3.05, 3.63) is 0 Å². The van der Waals surface area contributed by atoms with Crippen molar-refractivity contribution in [3.8, 4) is 0 Å². The first-order valence-electron chi connectivity index (χ1n) is 7.13. The molecule has 1 amide bonds. The Hall–Kier alpha value is -0.680. The molecule has 5 heteroatoms. The number of carbonyl (C=O) groups excluding carboxylic acids is 1. The minimum atomic E-state index is -0.563. The van der Waals surface area contributed by atoms with Gasteiger partial charge in [0.15, 0.2) is 0 Å². The van der Waals surface area contributed by atoms with E-state index in [1.165, 1.54) is 12.8 Å². The van der Waals surface area contributed by atoms with E-state index < -0.39 is 5.41 Å². The second-order valence-electron chi connectivity index (χ2n) is 5.87. The van der Waals surface area contributed by atoms with E-state index in [2.05, 4.69) is 6.92 Å². The molecular weight excluding hydrogens is 260 g/mol. The average molecular weight is 284 g/mol. The van der Waals surface area contributed by atoms with Gasteiger partial charge in [-0.05, 0) is 38.5 Å². The number of ether oxygens (including phenoxy) is 1. The van der Waals surface area contributed by atoms with Crippen molar-refractivity contribution in [1.82, 2.24) is 4.90 Å². The maximum Gasteiger partial charge on any atom is 0.235 e. The fourth-order valence-corrected chi connectivity index (χ4v) is 3.18. The van der Waals surface area contributed by atoms with Crippen LogP contribution in [-0.2, 0) is 9.53 Å². The molecule has 2 saturated carbocycles. The zero-order valence-electron chi connectivity index (χ0n) is 11.9. The number of hydrogen-bond acceptors (Lipinski definition) is 3. The molecule has 108 valence electrons.